The quantitative estimate of drug-likeness (QED) is 0.526. The Morgan fingerprint density at radius 1 is 1.16 bits per heavy atom. The number of anilines is 1. The number of rotatable bonds is 10. The summed E-state index contributed by atoms with van der Waals surface area (Å²) in [5.41, 5.74) is 2.78. The summed E-state index contributed by atoms with van der Waals surface area (Å²) in [6, 6.07) is 14.5. The molecule has 2 aromatic carbocycles. The number of carbonyl (C=O) groups is 1. The first-order valence-corrected chi connectivity index (χ1v) is 11.4. The summed E-state index contributed by atoms with van der Waals surface area (Å²) < 4.78 is 18.7. The van der Waals surface area contributed by atoms with Crippen molar-refractivity contribution in [3.05, 3.63) is 65.5 Å². The van der Waals surface area contributed by atoms with Gasteiger partial charge in [-0.3, -0.25) is 4.79 Å². The molecule has 1 heterocycles. The lowest BCUT2D eigenvalue weighted by Crippen LogP contribution is -2.58. The van der Waals surface area contributed by atoms with Crippen molar-refractivity contribution < 1.29 is 13.9 Å². The SMILES string of the molecule is CCCCC1C(c2ccc(F)cc2)=NN(c2ccc(C)cc2)C1(C)C(=O)NCCCOC. The van der Waals surface area contributed by atoms with Gasteiger partial charge in [0.25, 0.3) is 0 Å². The monoisotopic (exact) mass is 439 g/mol. The van der Waals surface area contributed by atoms with Crippen molar-refractivity contribution in [2.75, 3.05) is 25.3 Å². The van der Waals surface area contributed by atoms with Crippen LogP contribution in [0.1, 0.15) is 50.7 Å². The molecule has 2 atom stereocenters. The first-order valence-electron chi connectivity index (χ1n) is 11.4. The molecule has 0 bridgehead atoms. The van der Waals surface area contributed by atoms with Gasteiger partial charge in [0.15, 0.2) is 0 Å². The maximum Gasteiger partial charge on any atom is 0.248 e. The summed E-state index contributed by atoms with van der Waals surface area (Å²) in [5, 5.41) is 9.95. The third-order valence-electron chi connectivity index (χ3n) is 6.19. The van der Waals surface area contributed by atoms with Crippen LogP contribution in [-0.4, -0.2) is 37.4 Å². The van der Waals surface area contributed by atoms with Crippen molar-refractivity contribution in [3.63, 3.8) is 0 Å². The maximum atomic E-state index is 13.7. The van der Waals surface area contributed by atoms with Gasteiger partial charge in [-0.05, 0) is 56.5 Å². The van der Waals surface area contributed by atoms with Crippen LogP contribution in [0.3, 0.4) is 0 Å². The topological polar surface area (TPSA) is 53.9 Å². The number of amides is 1. The number of halogens is 1. The molecule has 2 unspecified atom stereocenters. The van der Waals surface area contributed by atoms with Crippen LogP contribution < -0.4 is 10.3 Å². The van der Waals surface area contributed by atoms with E-state index in [1.807, 2.05) is 43.1 Å². The predicted octanol–water partition coefficient (Wildman–Crippen LogP) is 5.08. The van der Waals surface area contributed by atoms with E-state index in [2.05, 4.69) is 12.2 Å². The Morgan fingerprint density at radius 3 is 2.47 bits per heavy atom. The molecule has 172 valence electrons. The molecule has 5 nitrogen and oxygen atoms in total. The highest BCUT2D eigenvalue weighted by Gasteiger charge is 2.53. The lowest BCUT2D eigenvalue weighted by molar-refractivity contribution is -0.126. The molecule has 1 aliphatic rings. The molecule has 0 saturated carbocycles. The van der Waals surface area contributed by atoms with Crippen LogP contribution in [-0.2, 0) is 9.53 Å². The average Bonchev–Trinajstić information content (AvgIpc) is 3.09. The molecule has 0 fully saturated rings. The van der Waals surface area contributed by atoms with Crippen molar-refractivity contribution in [3.8, 4) is 0 Å². The number of hydrazone groups is 1. The Labute approximate surface area is 190 Å². The largest absolute Gasteiger partial charge is 0.385 e. The third kappa shape index (κ3) is 5.01. The second kappa shape index (κ2) is 10.7. The van der Waals surface area contributed by atoms with Gasteiger partial charge in [-0.1, -0.05) is 49.6 Å². The first-order chi connectivity index (χ1) is 15.4. The molecule has 3 rings (SSSR count). The Kier molecular flexibility index (Phi) is 8.02. The number of carbonyl (C=O) groups excluding carboxylic acids is 1. The number of aryl methyl sites for hydroxylation is 1. The minimum Gasteiger partial charge on any atom is -0.385 e. The predicted molar refractivity (Wildman–Crippen MR) is 128 cm³/mol. The highest BCUT2D eigenvalue weighted by molar-refractivity contribution is 6.10. The van der Waals surface area contributed by atoms with Crippen molar-refractivity contribution in [1.82, 2.24) is 5.32 Å². The second-order valence-electron chi connectivity index (χ2n) is 8.58. The summed E-state index contributed by atoms with van der Waals surface area (Å²) in [6.45, 7) is 7.28. The van der Waals surface area contributed by atoms with Gasteiger partial charge in [0.2, 0.25) is 5.91 Å². The van der Waals surface area contributed by atoms with E-state index in [1.165, 1.54) is 12.1 Å². The number of methoxy groups -OCH3 is 1. The standard InChI is InChI=1S/C26H34FN3O2/c1-5-6-8-23-24(20-11-13-21(27)14-12-20)29-30(22-15-9-19(2)10-16-22)26(23,3)25(31)28-17-7-18-32-4/h9-16,23H,5-8,17-18H2,1-4H3,(H,28,31). The Balaban J connectivity index is 2.04. The molecule has 6 heteroatoms. The van der Waals surface area contributed by atoms with E-state index in [0.717, 1.165) is 48.2 Å². The number of unbranched alkanes of at least 4 members (excludes halogenated alkanes) is 1. The Morgan fingerprint density at radius 2 is 1.84 bits per heavy atom. The van der Waals surface area contributed by atoms with Gasteiger partial charge in [-0.25, -0.2) is 9.40 Å². The minimum absolute atomic E-state index is 0.0591. The number of nitrogens with zero attached hydrogens (tertiary/aromatic N) is 2. The number of benzene rings is 2. The van der Waals surface area contributed by atoms with Crippen molar-refractivity contribution in [2.45, 2.75) is 52.0 Å². The van der Waals surface area contributed by atoms with Gasteiger partial charge in [-0.15, -0.1) is 0 Å². The van der Waals surface area contributed by atoms with E-state index in [-0.39, 0.29) is 17.6 Å². The van der Waals surface area contributed by atoms with Crippen molar-refractivity contribution >= 4 is 17.3 Å². The van der Waals surface area contributed by atoms with Crippen LogP contribution in [0.15, 0.2) is 53.6 Å². The van der Waals surface area contributed by atoms with Crippen LogP contribution >= 0.6 is 0 Å². The molecule has 0 saturated heterocycles. The zero-order valence-electron chi connectivity index (χ0n) is 19.5. The van der Waals surface area contributed by atoms with Crippen LogP contribution in [0.25, 0.3) is 0 Å². The van der Waals surface area contributed by atoms with Gasteiger partial charge < -0.3 is 10.1 Å². The lowest BCUT2D eigenvalue weighted by atomic mass is 9.77. The molecular weight excluding hydrogens is 405 g/mol. The van der Waals surface area contributed by atoms with Gasteiger partial charge in [0, 0.05) is 26.2 Å². The minimum atomic E-state index is -0.902. The highest BCUT2D eigenvalue weighted by atomic mass is 19.1. The zero-order valence-corrected chi connectivity index (χ0v) is 19.5. The molecule has 0 aliphatic carbocycles. The average molecular weight is 440 g/mol. The van der Waals surface area contributed by atoms with E-state index in [9.17, 15) is 9.18 Å². The molecule has 1 aliphatic heterocycles. The Hall–Kier alpha value is -2.73. The molecule has 1 N–H and O–H groups in total. The third-order valence-corrected chi connectivity index (χ3v) is 6.19. The first kappa shape index (κ1) is 23.9. The van der Waals surface area contributed by atoms with E-state index in [4.69, 9.17) is 9.84 Å². The van der Waals surface area contributed by atoms with E-state index in [1.54, 1.807) is 19.2 Å². The van der Waals surface area contributed by atoms with E-state index in [0.29, 0.717) is 13.2 Å². The van der Waals surface area contributed by atoms with Crippen LogP contribution in [0, 0.1) is 18.7 Å². The number of hydrogen-bond acceptors (Lipinski definition) is 4. The zero-order chi connectivity index (χ0) is 23.1. The Bertz CT molecular complexity index is 927. The fraction of sp³-hybridized carbons (Fsp3) is 0.462. The van der Waals surface area contributed by atoms with Gasteiger partial charge >= 0.3 is 0 Å². The van der Waals surface area contributed by atoms with Crippen LogP contribution in [0.5, 0.6) is 0 Å². The maximum absolute atomic E-state index is 13.7. The van der Waals surface area contributed by atoms with Gasteiger partial charge in [-0.2, -0.15) is 5.10 Å². The van der Waals surface area contributed by atoms with E-state index >= 15 is 0 Å². The van der Waals surface area contributed by atoms with Crippen LogP contribution in [0.4, 0.5) is 10.1 Å². The van der Waals surface area contributed by atoms with Crippen LogP contribution in [0.2, 0.25) is 0 Å². The normalized spacial score (nSPS) is 20.3. The molecule has 0 aromatic heterocycles. The van der Waals surface area contributed by atoms with E-state index < -0.39 is 5.54 Å². The van der Waals surface area contributed by atoms with Crippen molar-refractivity contribution in [2.24, 2.45) is 11.0 Å². The molecule has 32 heavy (non-hydrogen) atoms. The molecule has 1 amide bonds. The summed E-state index contributed by atoms with van der Waals surface area (Å²) in [6.07, 6.45) is 3.55. The number of ether oxygens (including phenoxy) is 1. The lowest BCUT2D eigenvalue weighted by Gasteiger charge is -2.37. The summed E-state index contributed by atoms with van der Waals surface area (Å²) in [5.74, 6) is -0.473. The molecule has 2 aromatic rings. The summed E-state index contributed by atoms with van der Waals surface area (Å²) >= 11 is 0. The number of nitrogens with one attached hydrogen (secondary N) is 1. The highest BCUT2D eigenvalue weighted by Crippen LogP contribution is 2.41. The fourth-order valence-electron chi connectivity index (χ4n) is 4.26. The number of hydrogen-bond donors (Lipinski definition) is 1. The summed E-state index contributed by atoms with van der Waals surface area (Å²) in [4.78, 5) is 13.7. The second-order valence-corrected chi connectivity index (χ2v) is 8.58. The molecule has 0 radical (unpaired) electrons. The molecule has 0 spiro atoms. The van der Waals surface area contributed by atoms with Gasteiger partial charge in [0.1, 0.15) is 11.4 Å². The molecular formula is C26H34FN3O2. The van der Waals surface area contributed by atoms with Crippen molar-refractivity contribution in [1.29, 1.82) is 0 Å². The fourth-order valence-corrected chi connectivity index (χ4v) is 4.26. The summed E-state index contributed by atoms with van der Waals surface area (Å²) in [7, 11) is 1.66. The smallest absolute Gasteiger partial charge is 0.248 e. The van der Waals surface area contributed by atoms with Gasteiger partial charge in [0.05, 0.1) is 11.4 Å².